The summed E-state index contributed by atoms with van der Waals surface area (Å²) in [7, 11) is 0. The Morgan fingerprint density at radius 1 is 1.19 bits per heavy atom. The first-order chi connectivity index (χ1) is 7.68. The molecular formula is C10H14O6. The van der Waals surface area contributed by atoms with Crippen molar-refractivity contribution in [2.24, 2.45) is 11.8 Å². The lowest BCUT2D eigenvalue weighted by molar-refractivity contribution is -0.473. The number of carboxylic acid groups (broad SMARTS) is 1. The summed E-state index contributed by atoms with van der Waals surface area (Å²) in [6.07, 6.45) is 2.17. The van der Waals surface area contributed by atoms with Crippen LogP contribution in [0.1, 0.15) is 25.7 Å². The summed E-state index contributed by atoms with van der Waals surface area (Å²) in [6.45, 7) is 0.218. The number of ether oxygens (including phenoxy) is 1. The molecule has 3 unspecified atom stereocenters. The third kappa shape index (κ3) is 2.33. The van der Waals surface area contributed by atoms with Crippen LogP contribution in [0.25, 0.3) is 0 Å². The Kier molecular flexibility index (Phi) is 3.40. The molecule has 0 amide bonds. The van der Waals surface area contributed by atoms with Crippen LogP contribution in [0.5, 0.6) is 0 Å². The van der Waals surface area contributed by atoms with Gasteiger partial charge in [-0.3, -0.25) is 9.59 Å². The molecule has 2 aliphatic rings. The van der Waals surface area contributed by atoms with E-state index in [2.05, 4.69) is 9.78 Å². The number of aliphatic carboxylic acids is 1. The lowest BCUT2D eigenvalue weighted by Gasteiger charge is -2.30. The van der Waals surface area contributed by atoms with E-state index in [1.54, 1.807) is 0 Å². The van der Waals surface area contributed by atoms with Gasteiger partial charge in [-0.1, -0.05) is 12.8 Å². The van der Waals surface area contributed by atoms with Crippen LogP contribution in [-0.4, -0.2) is 29.9 Å². The van der Waals surface area contributed by atoms with Crippen LogP contribution in [0, 0.1) is 11.8 Å². The van der Waals surface area contributed by atoms with Crippen molar-refractivity contribution in [1.82, 2.24) is 0 Å². The Labute approximate surface area is 92.4 Å². The van der Waals surface area contributed by atoms with Gasteiger partial charge in [0.25, 0.3) is 6.29 Å². The predicted octanol–water partition coefficient (Wildman–Crippen LogP) is 0.708. The quantitative estimate of drug-likeness (QED) is 0.568. The number of hydrogen-bond donors (Lipinski definition) is 1. The molecule has 1 saturated heterocycles. The van der Waals surface area contributed by atoms with Crippen LogP contribution in [0.3, 0.4) is 0 Å². The predicted molar refractivity (Wildman–Crippen MR) is 50.0 cm³/mol. The standard InChI is InChI=1S/C10H14O6/c11-9(12)6-3-1-2-4-7(6)10(13)15-8-5-14-16-8/h6-8H,1-5H2,(H,11,12). The molecule has 90 valence electrons. The van der Waals surface area contributed by atoms with E-state index in [1.165, 1.54) is 0 Å². The van der Waals surface area contributed by atoms with Crippen LogP contribution in [0.4, 0.5) is 0 Å². The molecule has 1 aliphatic heterocycles. The van der Waals surface area contributed by atoms with Gasteiger partial charge >= 0.3 is 11.9 Å². The largest absolute Gasteiger partial charge is 0.481 e. The molecule has 0 aromatic rings. The lowest BCUT2D eigenvalue weighted by Crippen LogP contribution is -2.40. The maximum absolute atomic E-state index is 11.7. The molecule has 0 spiro atoms. The number of carboxylic acids is 1. The molecule has 3 atom stereocenters. The summed E-state index contributed by atoms with van der Waals surface area (Å²) >= 11 is 0. The fraction of sp³-hybridized carbons (Fsp3) is 0.800. The zero-order valence-corrected chi connectivity index (χ0v) is 8.76. The zero-order chi connectivity index (χ0) is 11.5. The van der Waals surface area contributed by atoms with Crippen molar-refractivity contribution >= 4 is 11.9 Å². The molecule has 1 saturated carbocycles. The zero-order valence-electron chi connectivity index (χ0n) is 8.76. The molecule has 0 radical (unpaired) electrons. The summed E-state index contributed by atoms with van der Waals surface area (Å²) in [4.78, 5) is 31.6. The van der Waals surface area contributed by atoms with Crippen molar-refractivity contribution in [2.45, 2.75) is 32.0 Å². The molecule has 6 nitrogen and oxygen atoms in total. The van der Waals surface area contributed by atoms with E-state index in [0.717, 1.165) is 12.8 Å². The average Bonchev–Trinajstić information content (AvgIpc) is 2.23. The minimum absolute atomic E-state index is 0.218. The Bertz CT molecular complexity index is 285. The molecule has 6 heteroatoms. The Hall–Kier alpha value is -1.14. The maximum atomic E-state index is 11.7. The first-order valence-corrected chi connectivity index (χ1v) is 5.40. The third-order valence-corrected chi connectivity index (χ3v) is 3.01. The van der Waals surface area contributed by atoms with Crippen LogP contribution < -0.4 is 0 Å². The van der Waals surface area contributed by atoms with Crippen LogP contribution in [0.2, 0.25) is 0 Å². The molecule has 2 rings (SSSR count). The van der Waals surface area contributed by atoms with Gasteiger partial charge in [-0.25, -0.2) is 4.89 Å². The molecular weight excluding hydrogens is 216 g/mol. The second kappa shape index (κ2) is 4.80. The average molecular weight is 230 g/mol. The van der Waals surface area contributed by atoms with Gasteiger partial charge in [-0.15, -0.1) is 0 Å². The van der Waals surface area contributed by atoms with Gasteiger partial charge in [0, 0.05) is 0 Å². The van der Waals surface area contributed by atoms with Gasteiger partial charge < -0.3 is 9.84 Å². The fourth-order valence-corrected chi connectivity index (χ4v) is 2.10. The van der Waals surface area contributed by atoms with E-state index >= 15 is 0 Å². The van der Waals surface area contributed by atoms with E-state index in [-0.39, 0.29) is 6.61 Å². The van der Waals surface area contributed by atoms with Crippen LogP contribution in [0.15, 0.2) is 0 Å². The van der Waals surface area contributed by atoms with E-state index < -0.39 is 30.1 Å². The van der Waals surface area contributed by atoms with Crippen molar-refractivity contribution in [2.75, 3.05) is 6.61 Å². The Morgan fingerprint density at radius 2 is 1.81 bits per heavy atom. The highest BCUT2D eigenvalue weighted by molar-refractivity contribution is 5.81. The summed E-state index contributed by atoms with van der Waals surface area (Å²) in [5, 5.41) is 9.00. The van der Waals surface area contributed by atoms with Crippen molar-refractivity contribution < 1.29 is 29.2 Å². The van der Waals surface area contributed by atoms with Gasteiger partial charge in [0.15, 0.2) is 0 Å². The molecule has 1 aliphatic carbocycles. The monoisotopic (exact) mass is 230 g/mol. The fourth-order valence-electron chi connectivity index (χ4n) is 2.10. The second-order valence-electron chi connectivity index (χ2n) is 4.08. The van der Waals surface area contributed by atoms with Crippen LogP contribution in [-0.2, 0) is 24.1 Å². The second-order valence-corrected chi connectivity index (χ2v) is 4.08. The normalized spacial score (nSPS) is 33.9. The topological polar surface area (TPSA) is 82.1 Å². The molecule has 2 fully saturated rings. The number of carbonyl (C=O) groups is 2. The minimum Gasteiger partial charge on any atom is -0.481 e. The highest BCUT2D eigenvalue weighted by Crippen LogP contribution is 2.31. The number of hydrogen-bond acceptors (Lipinski definition) is 5. The van der Waals surface area contributed by atoms with Gasteiger partial charge in [-0.05, 0) is 12.8 Å². The smallest absolute Gasteiger partial charge is 0.312 e. The molecule has 16 heavy (non-hydrogen) atoms. The molecule has 1 N–H and O–H groups in total. The van der Waals surface area contributed by atoms with Gasteiger partial charge in [0.2, 0.25) is 0 Å². The van der Waals surface area contributed by atoms with E-state index in [4.69, 9.17) is 9.84 Å². The molecule has 1 heterocycles. The Morgan fingerprint density at radius 3 is 2.31 bits per heavy atom. The molecule has 0 aromatic heterocycles. The van der Waals surface area contributed by atoms with Crippen molar-refractivity contribution in [3.05, 3.63) is 0 Å². The van der Waals surface area contributed by atoms with Crippen molar-refractivity contribution in [3.63, 3.8) is 0 Å². The van der Waals surface area contributed by atoms with Crippen molar-refractivity contribution in [3.8, 4) is 0 Å². The van der Waals surface area contributed by atoms with E-state index in [0.29, 0.717) is 12.8 Å². The lowest BCUT2D eigenvalue weighted by atomic mass is 9.79. The van der Waals surface area contributed by atoms with Crippen molar-refractivity contribution in [1.29, 1.82) is 0 Å². The highest BCUT2D eigenvalue weighted by Gasteiger charge is 2.38. The molecule has 0 bridgehead atoms. The Balaban J connectivity index is 1.93. The highest BCUT2D eigenvalue weighted by atomic mass is 17.3. The first-order valence-electron chi connectivity index (χ1n) is 5.40. The van der Waals surface area contributed by atoms with Gasteiger partial charge in [0.05, 0.1) is 11.8 Å². The minimum atomic E-state index is -0.924. The maximum Gasteiger partial charge on any atom is 0.312 e. The summed E-state index contributed by atoms with van der Waals surface area (Å²) < 4.78 is 4.96. The SMILES string of the molecule is O=C(O)C1CCCCC1C(=O)OC1COO1. The number of carbonyl (C=O) groups excluding carboxylic acids is 1. The molecule has 0 aromatic carbocycles. The summed E-state index contributed by atoms with van der Waals surface area (Å²) in [5.74, 6) is -2.58. The third-order valence-electron chi connectivity index (χ3n) is 3.01. The van der Waals surface area contributed by atoms with E-state index in [9.17, 15) is 9.59 Å². The summed E-state index contributed by atoms with van der Waals surface area (Å²) in [5.41, 5.74) is 0. The summed E-state index contributed by atoms with van der Waals surface area (Å²) in [6, 6.07) is 0. The first kappa shape index (κ1) is 11.3. The van der Waals surface area contributed by atoms with Gasteiger partial charge in [-0.2, -0.15) is 4.89 Å². The van der Waals surface area contributed by atoms with E-state index in [1.807, 2.05) is 0 Å². The number of esters is 1. The van der Waals surface area contributed by atoms with Gasteiger partial charge in [0.1, 0.15) is 6.61 Å². The van der Waals surface area contributed by atoms with Crippen LogP contribution >= 0.6 is 0 Å². The number of rotatable bonds is 3.